The summed E-state index contributed by atoms with van der Waals surface area (Å²) < 4.78 is 1.62. The average Bonchev–Trinajstić information content (AvgIpc) is 3.27. The number of thiazole rings is 1. The fourth-order valence-corrected chi connectivity index (χ4v) is 5.38. The number of aryl methyl sites for hydroxylation is 1. The molecule has 1 aliphatic rings. The lowest BCUT2D eigenvalue weighted by molar-refractivity contribution is 0.353. The Morgan fingerprint density at radius 1 is 1.00 bits per heavy atom. The molecular formula is C26H27N3OS. The number of benzene rings is 2. The zero-order valence-electron chi connectivity index (χ0n) is 17.9. The van der Waals surface area contributed by atoms with Crippen molar-refractivity contribution in [1.82, 2.24) is 14.8 Å². The maximum atomic E-state index is 13.2. The molecule has 1 aliphatic carbocycles. The molecule has 31 heavy (non-hydrogen) atoms. The fraction of sp³-hybridized carbons (Fsp3) is 0.346. The number of rotatable bonds is 5. The molecule has 4 aromatic rings. The van der Waals surface area contributed by atoms with Crippen LogP contribution in [0.4, 0.5) is 0 Å². The van der Waals surface area contributed by atoms with E-state index in [9.17, 15) is 4.79 Å². The first-order valence-corrected chi connectivity index (χ1v) is 12.1. The number of nitrogens with zero attached hydrogens (tertiary/aromatic N) is 3. The van der Waals surface area contributed by atoms with E-state index in [1.54, 1.807) is 16.0 Å². The van der Waals surface area contributed by atoms with Gasteiger partial charge in [-0.25, -0.2) is 9.67 Å². The van der Waals surface area contributed by atoms with Crippen LogP contribution in [0.1, 0.15) is 48.4 Å². The van der Waals surface area contributed by atoms with Crippen LogP contribution in [0.15, 0.2) is 58.7 Å². The minimum Gasteiger partial charge on any atom is -0.267 e. The molecule has 2 heterocycles. The average molecular weight is 430 g/mol. The normalized spacial score (nSPS) is 14.9. The number of hydrogen-bond donors (Lipinski definition) is 0. The first-order valence-electron chi connectivity index (χ1n) is 11.2. The minimum atomic E-state index is -0.0323. The van der Waals surface area contributed by atoms with Crippen LogP contribution in [-0.2, 0) is 13.0 Å². The molecule has 0 aliphatic heterocycles. The third-order valence-corrected chi connectivity index (χ3v) is 7.17. The van der Waals surface area contributed by atoms with Gasteiger partial charge >= 0.3 is 0 Å². The SMILES string of the molecule is Cc1ccc(-c2csc(Cn3nc(CC4CCCCC4)c4ccccc4c3=O)n2)cc1. The number of fused-ring (bicyclic) bond motifs is 1. The Bertz CT molecular complexity index is 1250. The van der Waals surface area contributed by atoms with Gasteiger partial charge in [-0.2, -0.15) is 5.10 Å². The Morgan fingerprint density at radius 2 is 1.74 bits per heavy atom. The molecule has 0 bridgehead atoms. The van der Waals surface area contributed by atoms with Crippen molar-refractivity contribution < 1.29 is 0 Å². The largest absolute Gasteiger partial charge is 0.275 e. The number of aromatic nitrogens is 3. The lowest BCUT2D eigenvalue weighted by Crippen LogP contribution is -2.26. The molecule has 5 heteroatoms. The molecule has 2 aromatic carbocycles. The van der Waals surface area contributed by atoms with Crippen molar-refractivity contribution in [2.45, 2.75) is 52.0 Å². The Kier molecular flexibility index (Phi) is 5.68. The van der Waals surface area contributed by atoms with Gasteiger partial charge in [-0.05, 0) is 25.3 Å². The molecule has 0 unspecified atom stereocenters. The van der Waals surface area contributed by atoms with Crippen molar-refractivity contribution in [3.63, 3.8) is 0 Å². The van der Waals surface area contributed by atoms with Gasteiger partial charge in [0, 0.05) is 16.3 Å². The van der Waals surface area contributed by atoms with Gasteiger partial charge in [0.25, 0.3) is 5.56 Å². The smallest absolute Gasteiger partial charge is 0.267 e. The summed E-state index contributed by atoms with van der Waals surface area (Å²) >= 11 is 1.59. The van der Waals surface area contributed by atoms with E-state index in [4.69, 9.17) is 10.1 Å². The van der Waals surface area contributed by atoms with Gasteiger partial charge in [0.15, 0.2) is 0 Å². The molecule has 2 aromatic heterocycles. The molecule has 0 saturated heterocycles. The standard InChI is InChI=1S/C26H27N3OS/c1-18-11-13-20(14-12-18)24-17-31-25(27-24)16-29-26(30)22-10-6-5-9-21(22)23(28-29)15-19-7-3-2-4-8-19/h5-6,9-14,17,19H,2-4,7-8,15-16H2,1H3. The zero-order valence-corrected chi connectivity index (χ0v) is 18.7. The molecule has 1 fully saturated rings. The highest BCUT2D eigenvalue weighted by Gasteiger charge is 2.18. The molecule has 0 atom stereocenters. The van der Waals surface area contributed by atoms with Gasteiger partial charge in [-0.3, -0.25) is 4.79 Å². The van der Waals surface area contributed by atoms with Crippen molar-refractivity contribution in [1.29, 1.82) is 0 Å². The van der Waals surface area contributed by atoms with Gasteiger partial charge in [0.05, 0.1) is 23.3 Å². The first kappa shape index (κ1) is 20.1. The van der Waals surface area contributed by atoms with E-state index in [1.165, 1.54) is 37.7 Å². The summed E-state index contributed by atoms with van der Waals surface area (Å²) in [7, 11) is 0. The van der Waals surface area contributed by atoms with E-state index in [0.29, 0.717) is 12.5 Å². The van der Waals surface area contributed by atoms with Crippen LogP contribution in [0.5, 0.6) is 0 Å². The van der Waals surface area contributed by atoms with E-state index in [0.717, 1.165) is 39.2 Å². The van der Waals surface area contributed by atoms with E-state index < -0.39 is 0 Å². The van der Waals surface area contributed by atoms with Crippen molar-refractivity contribution >= 4 is 22.1 Å². The summed E-state index contributed by atoms with van der Waals surface area (Å²) in [5, 5.41) is 9.60. The fourth-order valence-electron chi connectivity index (χ4n) is 4.60. The van der Waals surface area contributed by atoms with Crippen molar-refractivity contribution in [2.24, 2.45) is 5.92 Å². The van der Waals surface area contributed by atoms with Crippen LogP contribution in [0.2, 0.25) is 0 Å². The molecule has 0 spiro atoms. The van der Waals surface area contributed by atoms with Gasteiger partial charge in [-0.1, -0.05) is 80.1 Å². The molecule has 0 amide bonds. The van der Waals surface area contributed by atoms with Crippen LogP contribution in [-0.4, -0.2) is 14.8 Å². The predicted octanol–water partition coefficient (Wildman–Crippen LogP) is 6.00. The molecule has 1 saturated carbocycles. The minimum absolute atomic E-state index is 0.0323. The van der Waals surface area contributed by atoms with E-state index in [-0.39, 0.29) is 5.56 Å². The second-order valence-electron chi connectivity index (χ2n) is 8.66. The zero-order chi connectivity index (χ0) is 21.2. The maximum Gasteiger partial charge on any atom is 0.275 e. The second kappa shape index (κ2) is 8.75. The highest BCUT2D eigenvalue weighted by Crippen LogP contribution is 2.28. The van der Waals surface area contributed by atoms with E-state index in [1.807, 2.05) is 24.3 Å². The highest BCUT2D eigenvalue weighted by molar-refractivity contribution is 7.09. The summed E-state index contributed by atoms with van der Waals surface area (Å²) in [6.45, 7) is 2.50. The summed E-state index contributed by atoms with van der Waals surface area (Å²) in [5.74, 6) is 0.670. The molecule has 158 valence electrons. The van der Waals surface area contributed by atoms with Gasteiger partial charge in [0.2, 0.25) is 0 Å². The number of hydrogen-bond acceptors (Lipinski definition) is 4. The summed E-state index contributed by atoms with van der Waals surface area (Å²) in [6, 6.07) is 16.3. The molecular weight excluding hydrogens is 402 g/mol. The van der Waals surface area contributed by atoms with Crippen LogP contribution >= 0.6 is 11.3 Å². The van der Waals surface area contributed by atoms with Crippen LogP contribution in [0.3, 0.4) is 0 Å². The first-order chi connectivity index (χ1) is 15.2. The van der Waals surface area contributed by atoms with Crippen molar-refractivity contribution in [2.75, 3.05) is 0 Å². The van der Waals surface area contributed by atoms with Gasteiger partial charge in [0.1, 0.15) is 5.01 Å². The van der Waals surface area contributed by atoms with Crippen LogP contribution < -0.4 is 5.56 Å². The van der Waals surface area contributed by atoms with Gasteiger partial charge < -0.3 is 0 Å². The third-order valence-electron chi connectivity index (χ3n) is 6.34. The Morgan fingerprint density at radius 3 is 2.52 bits per heavy atom. The van der Waals surface area contributed by atoms with Crippen molar-refractivity contribution in [3.8, 4) is 11.3 Å². The molecule has 0 radical (unpaired) electrons. The van der Waals surface area contributed by atoms with E-state index in [2.05, 4.69) is 36.6 Å². The van der Waals surface area contributed by atoms with Crippen molar-refractivity contribution in [3.05, 3.63) is 80.5 Å². The topological polar surface area (TPSA) is 47.8 Å². The highest BCUT2D eigenvalue weighted by atomic mass is 32.1. The quantitative estimate of drug-likeness (QED) is 0.391. The molecule has 0 N–H and O–H groups in total. The monoisotopic (exact) mass is 429 g/mol. The second-order valence-corrected chi connectivity index (χ2v) is 9.60. The Hall–Kier alpha value is -2.79. The molecule has 4 nitrogen and oxygen atoms in total. The lowest BCUT2D eigenvalue weighted by atomic mass is 9.85. The van der Waals surface area contributed by atoms with E-state index >= 15 is 0 Å². The third kappa shape index (κ3) is 4.33. The lowest BCUT2D eigenvalue weighted by Gasteiger charge is -2.22. The van der Waals surface area contributed by atoms with Crippen LogP contribution in [0, 0.1) is 12.8 Å². The summed E-state index contributed by atoms with van der Waals surface area (Å²) in [4.78, 5) is 18.0. The molecule has 5 rings (SSSR count). The summed E-state index contributed by atoms with van der Waals surface area (Å²) in [5.41, 5.74) is 4.31. The summed E-state index contributed by atoms with van der Waals surface area (Å²) in [6.07, 6.45) is 7.44. The van der Waals surface area contributed by atoms with Gasteiger partial charge in [-0.15, -0.1) is 11.3 Å². The predicted molar refractivity (Wildman–Crippen MR) is 128 cm³/mol. The Labute approximate surface area is 186 Å². The Balaban J connectivity index is 1.47. The maximum absolute atomic E-state index is 13.2. The van der Waals surface area contributed by atoms with Crippen LogP contribution in [0.25, 0.3) is 22.0 Å².